The Morgan fingerprint density at radius 2 is 1.21 bits per heavy atom. The van der Waals surface area contributed by atoms with Gasteiger partial charge in [-0.05, 0) is 35.8 Å². The zero-order chi connectivity index (χ0) is 24.4. The van der Waals surface area contributed by atoms with Crippen LogP contribution in [0, 0.1) is 0 Å². The molecule has 180 valence electrons. The van der Waals surface area contributed by atoms with Crippen molar-refractivity contribution in [2.24, 2.45) is 0 Å². The number of esters is 2. The zero-order valence-corrected chi connectivity index (χ0v) is 21.0. The van der Waals surface area contributed by atoms with E-state index in [1.165, 1.54) is 37.4 Å². The fraction of sp³-hybridized carbons (Fsp3) is 0.500. The van der Waals surface area contributed by atoms with Gasteiger partial charge >= 0.3 is 11.9 Å². The Labute approximate surface area is 206 Å². The Balaban J connectivity index is 1.64. The first kappa shape index (κ1) is 23.3. The summed E-state index contributed by atoms with van der Waals surface area (Å²) < 4.78 is 11.2. The van der Waals surface area contributed by atoms with Crippen molar-refractivity contribution < 1.29 is 28.7 Å². The number of piperazine rings is 1. The summed E-state index contributed by atoms with van der Waals surface area (Å²) >= 11 is 2.65. The molecule has 0 N–H and O–H groups in total. The Morgan fingerprint density at radius 3 is 1.53 bits per heavy atom. The maximum absolute atomic E-state index is 14.5. The number of ether oxygens (including phenoxy) is 2. The number of hydrogen-bond acceptors (Lipinski definition) is 8. The van der Waals surface area contributed by atoms with Crippen LogP contribution >= 0.6 is 23.5 Å². The largest absolute Gasteiger partial charge is 0.456 e. The third kappa shape index (κ3) is 3.00. The molecule has 5 aliphatic rings. The lowest BCUT2D eigenvalue weighted by Gasteiger charge is -2.54. The second-order valence-electron chi connectivity index (χ2n) is 8.97. The van der Waals surface area contributed by atoms with Gasteiger partial charge in [0.25, 0.3) is 11.8 Å². The van der Waals surface area contributed by atoms with Crippen LogP contribution in [-0.2, 0) is 28.7 Å². The molecule has 0 spiro atoms. The number of fused-ring (bicyclic) bond motifs is 6. The molecule has 0 radical (unpaired) electrons. The highest BCUT2D eigenvalue weighted by Gasteiger charge is 2.72. The molecule has 0 aromatic rings. The topological polar surface area (TPSA) is 93.2 Å². The molecule has 8 nitrogen and oxygen atoms in total. The van der Waals surface area contributed by atoms with Gasteiger partial charge in [0, 0.05) is 26.7 Å². The minimum atomic E-state index is -1.17. The van der Waals surface area contributed by atoms with Gasteiger partial charge < -0.3 is 19.3 Å². The molecular weight excluding hydrogens is 476 g/mol. The summed E-state index contributed by atoms with van der Waals surface area (Å²) in [5.74, 6) is -1.26. The van der Waals surface area contributed by atoms with Gasteiger partial charge in [0.2, 0.25) is 0 Å². The van der Waals surface area contributed by atoms with Crippen LogP contribution < -0.4 is 0 Å². The first-order valence-electron chi connectivity index (χ1n) is 11.1. The second kappa shape index (κ2) is 8.05. The van der Waals surface area contributed by atoms with Crippen LogP contribution in [0.4, 0.5) is 0 Å². The van der Waals surface area contributed by atoms with Crippen LogP contribution in [-0.4, -0.2) is 80.1 Å². The Hall–Kier alpha value is -2.46. The molecule has 3 aliphatic heterocycles. The molecule has 3 heterocycles. The van der Waals surface area contributed by atoms with Crippen molar-refractivity contribution in [3.63, 3.8) is 0 Å². The Kier molecular flexibility index (Phi) is 5.51. The van der Waals surface area contributed by atoms with Gasteiger partial charge in [0.1, 0.15) is 12.2 Å². The van der Waals surface area contributed by atoms with Gasteiger partial charge in [-0.3, -0.25) is 19.2 Å². The summed E-state index contributed by atoms with van der Waals surface area (Å²) in [4.78, 5) is 53.6. The van der Waals surface area contributed by atoms with Crippen molar-refractivity contribution in [2.75, 3.05) is 12.5 Å². The van der Waals surface area contributed by atoms with E-state index in [0.717, 1.165) is 11.1 Å². The normalized spacial score (nSPS) is 37.4. The summed E-state index contributed by atoms with van der Waals surface area (Å²) in [6, 6.07) is -1.08. The molecule has 2 amide bonds. The third-order valence-corrected chi connectivity index (χ3v) is 9.59. The van der Waals surface area contributed by atoms with E-state index in [9.17, 15) is 19.2 Å². The number of hydrogen-bond donors (Lipinski definition) is 0. The fourth-order valence-electron chi connectivity index (χ4n) is 5.95. The number of carbonyl (C=O) groups is 4. The van der Waals surface area contributed by atoms with E-state index < -0.39 is 46.0 Å². The van der Waals surface area contributed by atoms with E-state index in [1.54, 1.807) is 22.0 Å². The van der Waals surface area contributed by atoms with E-state index in [2.05, 4.69) is 0 Å². The monoisotopic (exact) mass is 502 g/mol. The van der Waals surface area contributed by atoms with Crippen molar-refractivity contribution in [3.05, 3.63) is 47.6 Å². The highest BCUT2D eigenvalue weighted by Crippen LogP contribution is 2.59. The molecule has 3 saturated heterocycles. The Morgan fingerprint density at radius 1 is 0.824 bits per heavy atom. The molecule has 2 aliphatic carbocycles. The minimum absolute atomic E-state index is 0.188. The number of thioether (sulfide) groups is 2. The highest BCUT2D eigenvalue weighted by molar-refractivity contribution is 8.01. The van der Waals surface area contributed by atoms with E-state index in [0.29, 0.717) is 12.8 Å². The van der Waals surface area contributed by atoms with E-state index in [4.69, 9.17) is 9.47 Å². The first-order valence-corrected chi connectivity index (χ1v) is 13.5. The number of carbonyl (C=O) groups excluding carboxylic acids is 4. The van der Waals surface area contributed by atoms with Crippen molar-refractivity contribution >= 4 is 47.3 Å². The number of nitrogens with zero attached hydrogens (tertiary/aromatic N) is 2. The number of rotatable bonds is 4. The molecule has 3 fully saturated rings. The molecular formula is C24H26N2O6S2. The summed E-state index contributed by atoms with van der Waals surface area (Å²) in [7, 11) is 0. The lowest BCUT2D eigenvalue weighted by Crippen LogP contribution is -2.74. The van der Waals surface area contributed by atoms with E-state index >= 15 is 0 Å². The average Bonchev–Trinajstić information content (AvgIpc) is 3.33. The lowest BCUT2D eigenvalue weighted by molar-refractivity contribution is -0.171. The standard InChI is InChI=1S/C24H26N2O6S2/c1-13(27)31-17-9-5-7-15-11-23(33-3)22(30)26-20-16(8-6-10-18(20)32-14(2)28)12-24(26,34-4)21(29)25(23)19(15)17/h5-10,17-20H,11-12H2,1-4H3. The summed E-state index contributed by atoms with van der Waals surface area (Å²) in [5, 5.41) is 0. The van der Waals surface area contributed by atoms with Gasteiger partial charge in [-0.2, -0.15) is 0 Å². The Bertz CT molecular complexity index is 1030. The average molecular weight is 503 g/mol. The molecule has 0 saturated carbocycles. The fourth-order valence-corrected chi connectivity index (χ4v) is 7.91. The third-order valence-electron chi connectivity index (χ3n) is 7.21. The molecule has 0 aromatic heterocycles. The van der Waals surface area contributed by atoms with Crippen molar-refractivity contribution in [2.45, 2.75) is 60.7 Å². The van der Waals surface area contributed by atoms with Gasteiger partial charge in [0.15, 0.2) is 9.74 Å². The molecule has 6 atom stereocenters. The van der Waals surface area contributed by atoms with Gasteiger partial charge in [-0.15, -0.1) is 23.5 Å². The van der Waals surface area contributed by atoms with Crippen molar-refractivity contribution in [1.29, 1.82) is 0 Å². The van der Waals surface area contributed by atoms with Crippen LogP contribution in [0.3, 0.4) is 0 Å². The van der Waals surface area contributed by atoms with Crippen LogP contribution in [0.2, 0.25) is 0 Å². The SMILES string of the molecule is CSC12CC3=CC=CC(OC(C)=O)C3N1C(=O)C1(SC)CC3=CC=CC(OC(C)=O)C3N1C2=O. The second-order valence-corrected chi connectivity index (χ2v) is 11.1. The first-order chi connectivity index (χ1) is 16.2. The summed E-state index contributed by atoms with van der Waals surface area (Å²) in [5.41, 5.74) is 1.77. The molecule has 10 heteroatoms. The highest BCUT2D eigenvalue weighted by atomic mass is 32.2. The van der Waals surface area contributed by atoms with Crippen LogP contribution in [0.15, 0.2) is 47.6 Å². The predicted molar refractivity (Wildman–Crippen MR) is 129 cm³/mol. The van der Waals surface area contributed by atoms with E-state index in [-0.39, 0.29) is 11.8 Å². The van der Waals surface area contributed by atoms with Gasteiger partial charge in [-0.25, -0.2) is 0 Å². The van der Waals surface area contributed by atoms with Gasteiger partial charge in [-0.1, -0.05) is 24.3 Å². The molecule has 34 heavy (non-hydrogen) atoms. The van der Waals surface area contributed by atoms with Crippen molar-refractivity contribution in [3.8, 4) is 0 Å². The van der Waals surface area contributed by atoms with Crippen molar-refractivity contribution in [1.82, 2.24) is 9.80 Å². The smallest absolute Gasteiger partial charge is 0.303 e. The van der Waals surface area contributed by atoms with Crippen LogP contribution in [0.5, 0.6) is 0 Å². The molecule has 5 rings (SSSR count). The molecule has 6 unspecified atom stereocenters. The molecule has 0 bridgehead atoms. The lowest BCUT2D eigenvalue weighted by atomic mass is 9.95. The zero-order valence-electron chi connectivity index (χ0n) is 19.3. The maximum Gasteiger partial charge on any atom is 0.303 e. The minimum Gasteiger partial charge on any atom is -0.456 e. The van der Waals surface area contributed by atoms with E-state index in [1.807, 2.05) is 36.8 Å². The van der Waals surface area contributed by atoms with Crippen LogP contribution in [0.25, 0.3) is 0 Å². The maximum atomic E-state index is 14.5. The quantitative estimate of drug-likeness (QED) is 0.540. The van der Waals surface area contributed by atoms with Crippen LogP contribution in [0.1, 0.15) is 26.7 Å². The summed E-state index contributed by atoms with van der Waals surface area (Å²) in [6.45, 7) is 2.68. The molecule has 0 aromatic carbocycles. The predicted octanol–water partition coefficient (Wildman–Crippen LogP) is 2.18. The van der Waals surface area contributed by atoms with Gasteiger partial charge in [0.05, 0.1) is 12.1 Å². The number of amides is 2. The number of allylic oxidation sites excluding steroid dienone is 4. The summed E-state index contributed by atoms with van der Waals surface area (Å²) in [6.07, 6.45) is 14.0.